The average molecular weight is 431 g/mol. The summed E-state index contributed by atoms with van der Waals surface area (Å²) < 4.78 is 28.2. The summed E-state index contributed by atoms with van der Waals surface area (Å²) >= 11 is 0. The Hall–Kier alpha value is -2.38. The molecule has 3 rings (SSSR count). The standard InChI is InChI=1S/C23H30N2O4S/c1-2-3-5-17-8-10-20(11-9-17)25-30(28,29)22-7-4-6-18(16-22)23(27)24-19-12-14-21(26)15-13-19/h4,6-11,16,19,21,25-26H,2-3,5,12-15H2,1H3,(H,24,27). The van der Waals surface area contributed by atoms with Crippen molar-refractivity contribution < 1.29 is 18.3 Å². The van der Waals surface area contributed by atoms with Crippen molar-refractivity contribution in [1.82, 2.24) is 5.32 Å². The van der Waals surface area contributed by atoms with Gasteiger partial charge < -0.3 is 10.4 Å². The Bertz CT molecular complexity index is 949. The molecule has 0 aliphatic heterocycles. The Morgan fingerprint density at radius 2 is 1.77 bits per heavy atom. The van der Waals surface area contributed by atoms with E-state index in [0.29, 0.717) is 24.1 Å². The molecule has 0 bridgehead atoms. The van der Waals surface area contributed by atoms with Crippen LogP contribution in [0.25, 0.3) is 0 Å². The number of aliphatic hydroxyl groups excluding tert-OH is 1. The minimum Gasteiger partial charge on any atom is -0.393 e. The number of aliphatic hydroxyl groups is 1. The molecule has 0 saturated heterocycles. The van der Waals surface area contributed by atoms with E-state index >= 15 is 0 Å². The molecule has 162 valence electrons. The maximum atomic E-state index is 12.8. The third-order valence-electron chi connectivity index (χ3n) is 5.46. The van der Waals surface area contributed by atoms with E-state index in [0.717, 1.165) is 32.1 Å². The van der Waals surface area contributed by atoms with Gasteiger partial charge in [0.2, 0.25) is 0 Å². The van der Waals surface area contributed by atoms with Crippen molar-refractivity contribution in [3.05, 3.63) is 59.7 Å². The molecular weight excluding hydrogens is 400 g/mol. The summed E-state index contributed by atoms with van der Waals surface area (Å²) in [5.74, 6) is -0.297. The minimum atomic E-state index is -3.80. The van der Waals surface area contributed by atoms with Crippen LogP contribution in [0.4, 0.5) is 5.69 Å². The van der Waals surface area contributed by atoms with Gasteiger partial charge in [0, 0.05) is 17.3 Å². The topological polar surface area (TPSA) is 95.5 Å². The summed E-state index contributed by atoms with van der Waals surface area (Å²) in [5.41, 5.74) is 1.97. The summed E-state index contributed by atoms with van der Waals surface area (Å²) in [6, 6.07) is 13.4. The number of sulfonamides is 1. The highest BCUT2D eigenvalue weighted by atomic mass is 32.2. The normalized spacial score (nSPS) is 19.3. The van der Waals surface area contributed by atoms with E-state index < -0.39 is 10.0 Å². The fraction of sp³-hybridized carbons (Fsp3) is 0.435. The molecule has 6 nitrogen and oxygen atoms in total. The van der Waals surface area contributed by atoms with Crippen LogP contribution in [0.5, 0.6) is 0 Å². The monoisotopic (exact) mass is 430 g/mol. The summed E-state index contributed by atoms with van der Waals surface area (Å²) in [6.07, 6.45) is 5.67. The van der Waals surface area contributed by atoms with Gasteiger partial charge in [-0.1, -0.05) is 31.5 Å². The van der Waals surface area contributed by atoms with Gasteiger partial charge in [0.05, 0.1) is 11.0 Å². The molecule has 1 fully saturated rings. The van der Waals surface area contributed by atoms with Gasteiger partial charge in [-0.25, -0.2) is 8.42 Å². The first kappa shape index (κ1) is 22.3. The Morgan fingerprint density at radius 1 is 1.07 bits per heavy atom. The third-order valence-corrected chi connectivity index (χ3v) is 6.84. The van der Waals surface area contributed by atoms with Crippen molar-refractivity contribution in [2.45, 2.75) is 68.9 Å². The zero-order chi connectivity index (χ0) is 21.6. The predicted molar refractivity (Wildman–Crippen MR) is 118 cm³/mol. The van der Waals surface area contributed by atoms with Crippen molar-refractivity contribution in [3.63, 3.8) is 0 Å². The van der Waals surface area contributed by atoms with Gasteiger partial charge in [0.1, 0.15) is 0 Å². The zero-order valence-corrected chi connectivity index (χ0v) is 18.1. The van der Waals surface area contributed by atoms with Crippen molar-refractivity contribution in [1.29, 1.82) is 0 Å². The fourth-order valence-electron chi connectivity index (χ4n) is 3.63. The van der Waals surface area contributed by atoms with Crippen molar-refractivity contribution >= 4 is 21.6 Å². The van der Waals surface area contributed by atoms with Gasteiger partial charge in [-0.2, -0.15) is 0 Å². The predicted octanol–water partition coefficient (Wildman–Crippen LogP) is 3.86. The summed E-state index contributed by atoms with van der Waals surface area (Å²) in [5, 5.41) is 12.5. The molecule has 2 aromatic carbocycles. The molecule has 1 amide bonds. The highest BCUT2D eigenvalue weighted by Gasteiger charge is 2.22. The van der Waals surface area contributed by atoms with Crippen LogP contribution in [-0.2, 0) is 16.4 Å². The third kappa shape index (κ3) is 6.06. The Morgan fingerprint density at radius 3 is 2.43 bits per heavy atom. The van der Waals surface area contributed by atoms with E-state index in [1.807, 2.05) is 12.1 Å². The van der Waals surface area contributed by atoms with Gasteiger partial charge >= 0.3 is 0 Å². The Kier molecular flexibility index (Phi) is 7.50. The smallest absolute Gasteiger partial charge is 0.261 e. The number of hydrogen-bond donors (Lipinski definition) is 3. The Balaban J connectivity index is 1.67. The van der Waals surface area contributed by atoms with Crippen LogP contribution < -0.4 is 10.0 Å². The largest absolute Gasteiger partial charge is 0.393 e. The van der Waals surface area contributed by atoms with Gasteiger partial charge in [-0.05, 0) is 74.4 Å². The first-order valence-corrected chi connectivity index (χ1v) is 12.1. The molecule has 2 aromatic rings. The SMILES string of the molecule is CCCCc1ccc(NS(=O)(=O)c2cccc(C(=O)NC3CCC(O)CC3)c2)cc1. The molecule has 0 aromatic heterocycles. The summed E-state index contributed by atoms with van der Waals surface area (Å²) in [4.78, 5) is 12.6. The van der Waals surface area contributed by atoms with Crippen LogP contribution in [0.3, 0.4) is 0 Å². The number of unbranched alkanes of at least 4 members (excludes halogenated alkanes) is 1. The van der Waals surface area contributed by atoms with Gasteiger partial charge in [-0.15, -0.1) is 0 Å². The van der Waals surface area contributed by atoms with Crippen LogP contribution in [0, 0.1) is 0 Å². The van der Waals surface area contributed by atoms with Crippen LogP contribution >= 0.6 is 0 Å². The summed E-state index contributed by atoms with van der Waals surface area (Å²) in [7, 11) is -3.80. The molecule has 0 spiro atoms. The second-order valence-electron chi connectivity index (χ2n) is 7.91. The van der Waals surface area contributed by atoms with Gasteiger partial charge in [-0.3, -0.25) is 9.52 Å². The number of benzene rings is 2. The number of anilines is 1. The van der Waals surface area contributed by atoms with Crippen LogP contribution in [0.2, 0.25) is 0 Å². The van der Waals surface area contributed by atoms with Crippen molar-refractivity contribution in [2.75, 3.05) is 4.72 Å². The lowest BCUT2D eigenvalue weighted by atomic mass is 9.93. The molecule has 1 aliphatic carbocycles. The van der Waals surface area contributed by atoms with Crippen molar-refractivity contribution in [2.24, 2.45) is 0 Å². The van der Waals surface area contributed by atoms with Crippen LogP contribution in [0.1, 0.15) is 61.4 Å². The Labute approximate surface area is 178 Å². The van der Waals surface area contributed by atoms with Crippen LogP contribution in [0.15, 0.2) is 53.4 Å². The molecule has 0 heterocycles. The number of carbonyl (C=O) groups excluding carboxylic acids is 1. The van der Waals surface area contributed by atoms with Crippen molar-refractivity contribution in [3.8, 4) is 0 Å². The molecule has 30 heavy (non-hydrogen) atoms. The molecule has 1 saturated carbocycles. The maximum Gasteiger partial charge on any atom is 0.261 e. The first-order chi connectivity index (χ1) is 14.4. The molecule has 0 radical (unpaired) electrons. The number of amides is 1. The maximum absolute atomic E-state index is 12.8. The number of rotatable bonds is 8. The zero-order valence-electron chi connectivity index (χ0n) is 17.3. The van der Waals surface area contributed by atoms with E-state index in [-0.39, 0.29) is 22.9 Å². The minimum absolute atomic E-state index is 0.00510. The molecule has 1 aliphatic rings. The second-order valence-corrected chi connectivity index (χ2v) is 9.60. The fourth-order valence-corrected chi connectivity index (χ4v) is 4.73. The van der Waals surface area contributed by atoms with Gasteiger partial charge in [0.25, 0.3) is 15.9 Å². The van der Waals surface area contributed by atoms with E-state index in [1.54, 1.807) is 24.3 Å². The number of aryl methyl sites for hydroxylation is 1. The quantitative estimate of drug-likeness (QED) is 0.592. The van der Waals surface area contributed by atoms with E-state index in [1.165, 1.54) is 17.7 Å². The van der Waals surface area contributed by atoms with E-state index in [9.17, 15) is 18.3 Å². The van der Waals surface area contributed by atoms with E-state index in [2.05, 4.69) is 17.0 Å². The highest BCUT2D eigenvalue weighted by molar-refractivity contribution is 7.92. The second kappa shape index (κ2) is 10.1. The summed E-state index contributed by atoms with van der Waals surface area (Å²) in [6.45, 7) is 2.14. The van der Waals surface area contributed by atoms with E-state index in [4.69, 9.17) is 0 Å². The highest BCUT2D eigenvalue weighted by Crippen LogP contribution is 2.21. The number of carbonyl (C=O) groups is 1. The average Bonchev–Trinajstić information content (AvgIpc) is 2.75. The lowest BCUT2D eigenvalue weighted by molar-refractivity contribution is 0.0867. The molecule has 0 atom stereocenters. The van der Waals surface area contributed by atoms with Crippen LogP contribution in [-0.4, -0.2) is 31.6 Å². The molecule has 0 unspecified atom stereocenters. The first-order valence-electron chi connectivity index (χ1n) is 10.6. The molecule has 7 heteroatoms. The molecule has 3 N–H and O–H groups in total. The number of nitrogens with one attached hydrogen (secondary N) is 2. The lowest BCUT2D eigenvalue weighted by Gasteiger charge is -2.26. The van der Waals surface area contributed by atoms with Gasteiger partial charge in [0.15, 0.2) is 0 Å². The lowest BCUT2D eigenvalue weighted by Crippen LogP contribution is -2.38. The molecular formula is C23H30N2O4S. The number of hydrogen-bond acceptors (Lipinski definition) is 4.